The van der Waals surface area contributed by atoms with E-state index in [1.165, 1.54) is 11.8 Å². The van der Waals surface area contributed by atoms with Crippen LogP contribution in [0, 0.1) is 6.92 Å². The number of aryl methyl sites for hydroxylation is 1. The van der Waals surface area contributed by atoms with Crippen LogP contribution in [0.1, 0.15) is 11.3 Å². The monoisotopic (exact) mass is 293 g/mol. The molecule has 0 atom stereocenters. The highest BCUT2D eigenvalue weighted by Crippen LogP contribution is 2.20. The van der Waals surface area contributed by atoms with E-state index in [0.717, 1.165) is 11.3 Å². The van der Waals surface area contributed by atoms with Gasteiger partial charge in [-0.05, 0) is 12.5 Å². The Morgan fingerprint density at radius 1 is 1.40 bits per heavy atom. The Bertz CT molecular complexity index is 595. The van der Waals surface area contributed by atoms with Crippen molar-refractivity contribution in [2.24, 2.45) is 0 Å². The fourth-order valence-electron chi connectivity index (χ4n) is 1.68. The van der Waals surface area contributed by atoms with Gasteiger partial charge in [-0.25, -0.2) is 9.97 Å². The Morgan fingerprint density at radius 2 is 2.20 bits per heavy atom. The Morgan fingerprint density at radius 3 is 2.80 bits per heavy atom. The van der Waals surface area contributed by atoms with E-state index in [0.29, 0.717) is 17.6 Å². The van der Waals surface area contributed by atoms with Gasteiger partial charge in [-0.1, -0.05) is 17.8 Å². The lowest BCUT2D eigenvalue weighted by Crippen LogP contribution is -2.06. The molecule has 2 rings (SSSR count). The first-order chi connectivity index (χ1) is 9.60. The maximum atomic E-state index is 10.6. The zero-order valence-electron chi connectivity index (χ0n) is 11.2. The van der Waals surface area contributed by atoms with Crippen LogP contribution >= 0.6 is 11.8 Å². The predicted molar refractivity (Wildman–Crippen MR) is 75.2 cm³/mol. The quantitative estimate of drug-likeness (QED) is 0.819. The normalized spacial score (nSPS) is 10.5. The molecule has 1 N–H and O–H groups in total. The average Bonchev–Trinajstić information content (AvgIpc) is 2.78. The van der Waals surface area contributed by atoms with Crippen molar-refractivity contribution in [1.29, 1.82) is 0 Å². The van der Waals surface area contributed by atoms with Gasteiger partial charge in [0.15, 0.2) is 5.16 Å². The van der Waals surface area contributed by atoms with Crippen molar-refractivity contribution in [2.75, 3.05) is 12.9 Å². The molecule has 2 heterocycles. The molecule has 2 aromatic rings. The molecular weight excluding hydrogens is 278 g/mol. The van der Waals surface area contributed by atoms with Gasteiger partial charge in [0.2, 0.25) is 5.88 Å². The molecule has 106 valence electrons. The van der Waals surface area contributed by atoms with Crippen molar-refractivity contribution in [3.05, 3.63) is 35.8 Å². The van der Waals surface area contributed by atoms with Crippen molar-refractivity contribution >= 4 is 17.7 Å². The van der Waals surface area contributed by atoms with Crippen LogP contribution in [0.25, 0.3) is 0 Å². The highest BCUT2D eigenvalue weighted by Gasteiger charge is 2.10. The summed E-state index contributed by atoms with van der Waals surface area (Å²) in [6.07, 6.45) is 3.48. The number of imidazole rings is 1. The van der Waals surface area contributed by atoms with E-state index in [9.17, 15) is 4.79 Å². The molecule has 0 aliphatic carbocycles. The smallest absolute Gasteiger partial charge is 0.313 e. The zero-order valence-corrected chi connectivity index (χ0v) is 12.1. The number of methoxy groups -OCH3 is 1. The van der Waals surface area contributed by atoms with Gasteiger partial charge in [0, 0.05) is 24.2 Å². The molecule has 0 amide bonds. The molecular formula is C13H15N3O3S. The van der Waals surface area contributed by atoms with E-state index in [4.69, 9.17) is 9.84 Å². The van der Waals surface area contributed by atoms with Crippen molar-refractivity contribution in [3.8, 4) is 5.88 Å². The summed E-state index contributed by atoms with van der Waals surface area (Å²) in [7, 11) is 1.57. The lowest BCUT2D eigenvalue weighted by atomic mass is 10.3. The Hall–Kier alpha value is -2.02. The number of hydrogen-bond donors (Lipinski definition) is 1. The SMILES string of the molecule is COc1ccc(Cn2c(C)cnc2SCC(=O)O)cn1. The van der Waals surface area contributed by atoms with Gasteiger partial charge >= 0.3 is 5.97 Å². The first kappa shape index (κ1) is 14.4. The number of pyridine rings is 1. The highest BCUT2D eigenvalue weighted by atomic mass is 32.2. The highest BCUT2D eigenvalue weighted by molar-refractivity contribution is 7.99. The Kier molecular flexibility index (Phi) is 4.62. The molecule has 0 aliphatic rings. The zero-order chi connectivity index (χ0) is 14.5. The van der Waals surface area contributed by atoms with Crippen LogP contribution in [0.5, 0.6) is 5.88 Å². The van der Waals surface area contributed by atoms with Gasteiger partial charge < -0.3 is 14.4 Å². The number of aromatic nitrogens is 3. The van der Waals surface area contributed by atoms with E-state index >= 15 is 0 Å². The topological polar surface area (TPSA) is 77.2 Å². The summed E-state index contributed by atoms with van der Waals surface area (Å²) in [5, 5.41) is 9.43. The fraction of sp³-hybridized carbons (Fsp3) is 0.308. The first-order valence-corrected chi connectivity index (χ1v) is 6.94. The van der Waals surface area contributed by atoms with Crippen molar-refractivity contribution in [2.45, 2.75) is 18.6 Å². The molecule has 0 unspecified atom stereocenters. The van der Waals surface area contributed by atoms with Crippen LogP contribution in [0.2, 0.25) is 0 Å². The summed E-state index contributed by atoms with van der Waals surface area (Å²) < 4.78 is 6.99. The lowest BCUT2D eigenvalue weighted by molar-refractivity contribution is -0.133. The molecule has 2 aromatic heterocycles. The van der Waals surface area contributed by atoms with Crippen molar-refractivity contribution < 1.29 is 14.6 Å². The lowest BCUT2D eigenvalue weighted by Gasteiger charge is -2.09. The van der Waals surface area contributed by atoms with Gasteiger partial charge in [-0.2, -0.15) is 0 Å². The number of ether oxygens (including phenoxy) is 1. The van der Waals surface area contributed by atoms with Gasteiger partial charge in [-0.3, -0.25) is 4.79 Å². The summed E-state index contributed by atoms with van der Waals surface area (Å²) in [6.45, 7) is 2.54. The number of thioether (sulfide) groups is 1. The maximum Gasteiger partial charge on any atom is 0.313 e. The third-order valence-electron chi connectivity index (χ3n) is 2.69. The number of hydrogen-bond acceptors (Lipinski definition) is 5. The second-order valence-electron chi connectivity index (χ2n) is 4.16. The van der Waals surface area contributed by atoms with Crippen LogP contribution in [0.3, 0.4) is 0 Å². The minimum atomic E-state index is -0.853. The van der Waals surface area contributed by atoms with E-state index in [1.807, 2.05) is 17.6 Å². The summed E-state index contributed by atoms with van der Waals surface area (Å²) in [5.41, 5.74) is 1.98. The van der Waals surface area contributed by atoms with Crippen LogP contribution in [0.15, 0.2) is 29.7 Å². The van der Waals surface area contributed by atoms with Gasteiger partial charge in [-0.15, -0.1) is 0 Å². The van der Waals surface area contributed by atoms with E-state index in [1.54, 1.807) is 25.6 Å². The third-order valence-corrected chi connectivity index (χ3v) is 3.67. The van der Waals surface area contributed by atoms with Crippen LogP contribution in [-0.2, 0) is 11.3 Å². The number of rotatable bonds is 6. The number of carboxylic acid groups (broad SMARTS) is 1. The molecule has 0 spiro atoms. The molecule has 0 radical (unpaired) electrons. The van der Waals surface area contributed by atoms with Crippen molar-refractivity contribution in [1.82, 2.24) is 14.5 Å². The Labute approximate surface area is 120 Å². The molecule has 0 fully saturated rings. The third kappa shape index (κ3) is 3.51. The van der Waals surface area contributed by atoms with Crippen LogP contribution < -0.4 is 4.74 Å². The van der Waals surface area contributed by atoms with Gasteiger partial charge in [0.25, 0.3) is 0 Å². The minimum Gasteiger partial charge on any atom is -0.481 e. The number of carbonyl (C=O) groups is 1. The van der Waals surface area contributed by atoms with E-state index in [2.05, 4.69) is 9.97 Å². The molecule has 7 heteroatoms. The molecule has 0 saturated heterocycles. The Balaban J connectivity index is 2.14. The van der Waals surface area contributed by atoms with E-state index < -0.39 is 5.97 Å². The molecule has 0 saturated carbocycles. The maximum absolute atomic E-state index is 10.6. The average molecular weight is 293 g/mol. The van der Waals surface area contributed by atoms with E-state index in [-0.39, 0.29) is 5.75 Å². The minimum absolute atomic E-state index is 0.00266. The molecule has 6 nitrogen and oxygen atoms in total. The number of aliphatic carboxylic acids is 1. The fourth-order valence-corrected chi connectivity index (χ4v) is 2.42. The second-order valence-corrected chi connectivity index (χ2v) is 5.10. The molecule has 0 bridgehead atoms. The van der Waals surface area contributed by atoms with Crippen molar-refractivity contribution in [3.63, 3.8) is 0 Å². The van der Waals surface area contributed by atoms with Crippen LogP contribution in [-0.4, -0.2) is 38.5 Å². The largest absolute Gasteiger partial charge is 0.481 e. The molecule has 0 aromatic carbocycles. The standard InChI is InChI=1S/C13H15N3O3S/c1-9-5-15-13(20-8-12(17)18)16(9)7-10-3-4-11(19-2)14-6-10/h3-6H,7-8H2,1-2H3,(H,17,18). The summed E-state index contributed by atoms with van der Waals surface area (Å²) in [4.78, 5) is 19.0. The number of nitrogens with zero attached hydrogens (tertiary/aromatic N) is 3. The van der Waals surface area contributed by atoms with Gasteiger partial charge in [0.05, 0.1) is 19.4 Å². The first-order valence-electron chi connectivity index (χ1n) is 5.96. The predicted octanol–water partition coefficient (Wildman–Crippen LogP) is 1.82. The van der Waals surface area contributed by atoms with Crippen LogP contribution in [0.4, 0.5) is 0 Å². The summed E-state index contributed by atoms with van der Waals surface area (Å²) >= 11 is 1.21. The number of carboxylic acids is 1. The second kappa shape index (κ2) is 6.42. The summed E-state index contributed by atoms with van der Waals surface area (Å²) in [5.74, 6) is -0.290. The van der Waals surface area contributed by atoms with Gasteiger partial charge in [0.1, 0.15) is 0 Å². The molecule has 20 heavy (non-hydrogen) atoms. The molecule has 0 aliphatic heterocycles. The summed E-state index contributed by atoms with van der Waals surface area (Å²) in [6, 6.07) is 3.72.